The molecule has 0 aliphatic heterocycles. The zero-order valence-corrected chi connectivity index (χ0v) is 11.2. The summed E-state index contributed by atoms with van der Waals surface area (Å²) in [4.78, 5) is 3.96. The van der Waals surface area contributed by atoms with Gasteiger partial charge in [-0.15, -0.1) is 0 Å². The molecule has 0 bridgehead atoms. The number of aliphatic imine (C=N–C) groups is 1. The largest absolute Gasteiger partial charge is 0.297 e. The molecule has 0 spiro atoms. The van der Waals surface area contributed by atoms with Gasteiger partial charge in [0.15, 0.2) is 0 Å². The molecule has 0 amide bonds. The molecule has 0 saturated carbocycles. The Bertz CT molecular complexity index is 444. The molecule has 2 heteroatoms. The summed E-state index contributed by atoms with van der Waals surface area (Å²) in [6.07, 6.45) is 5.70. The molecule has 1 rings (SSSR count). The van der Waals surface area contributed by atoms with Crippen LogP contribution in [0.3, 0.4) is 0 Å². The van der Waals surface area contributed by atoms with Crippen LogP contribution in [0.2, 0.25) is 5.02 Å². The molecule has 0 aromatic heterocycles. The number of nitrogens with zero attached hydrogens (tertiary/aromatic N) is 1. The summed E-state index contributed by atoms with van der Waals surface area (Å²) in [5.41, 5.74) is 3.38. The Hall–Kier alpha value is -1.34. The van der Waals surface area contributed by atoms with E-state index in [4.69, 9.17) is 11.6 Å². The lowest BCUT2D eigenvalue weighted by Gasteiger charge is -2.09. The van der Waals surface area contributed by atoms with Crippen molar-refractivity contribution in [1.29, 1.82) is 0 Å². The van der Waals surface area contributed by atoms with Crippen LogP contribution in [-0.4, -0.2) is 13.3 Å². The molecule has 0 fully saturated rings. The van der Waals surface area contributed by atoms with Crippen LogP contribution in [0.1, 0.15) is 25.3 Å². The fourth-order valence-electron chi connectivity index (χ4n) is 1.60. The summed E-state index contributed by atoms with van der Waals surface area (Å²) in [6, 6.07) is 7.81. The minimum Gasteiger partial charge on any atom is -0.297 e. The third kappa shape index (κ3) is 4.20. The predicted octanol–water partition coefficient (Wildman–Crippen LogP) is 4.78. The first-order valence-electron chi connectivity index (χ1n) is 5.72. The van der Waals surface area contributed by atoms with Crippen molar-refractivity contribution in [2.75, 3.05) is 7.05 Å². The van der Waals surface area contributed by atoms with E-state index in [-0.39, 0.29) is 0 Å². The third-order valence-corrected chi connectivity index (χ3v) is 2.94. The molecule has 0 aliphatic rings. The number of allylic oxidation sites excluding steroid dienone is 3. The van der Waals surface area contributed by atoms with Gasteiger partial charge in [-0.3, -0.25) is 4.99 Å². The molecule has 0 saturated heterocycles. The van der Waals surface area contributed by atoms with Gasteiger partial charge in [-0.05, 0) is 36.1 Å². The van der Waals surface area contributed by atoms with Crippen LogP contribution in [0, 0.1) is 0 Å². The molecular formula is C15H18ClN. The summed E-state index contributed by atoms with van der Waals surface area (Å²) >= 11 is 6.14. The van der Waals surface area contributed by atoms with E-state index in [2.05, 4.69) is 18.5 Å². The van der Waals surface area contributed by atoms with Crippen molar-refractivity contribution >= 4 is 23.4 Å². The molecule has 17 heavy (non-hydrogen) atoms. The molecule has 0 radical (unpaired) electrons. The number of halogens is 1. The van der Waals surface area contributed by atoms with E-state index in [1.54, 1.807) is 7.05 Å². The highest BCUT2D eigenvalue weighted by Gasteiger charge is 2.05. The molecule has 0 N–H and O–H groups in total. The summed E-state index contributed by atoms with van der Waals surface area (Å²) in [5, 5.41) is 0.761. The highest BCUT2D eigenvalue weighted by Crippen LogP contribution is 2.27. The first-order chi connectivity index (χ1) is 8.19. The van der Waals surface area contributed by atoms with Gasteiger partial charge in [-0.25, -0.2) is 0 Å². The Kier molecular flexibility index (Phi) is 5.71. The summed E-state index contributed by atoms with van der Waals surface area (Å²) < 4.78 is 0. The normalized spacial score (nSPS) is 12.1. The standard InChI is InChI=1S/C15H18ClN/c1-4-13(9-10-17-3)11-12(2)14-7-5-6-8-15(14)16/h5-10H,2,4,11H2,1,3H3/b13-9+,17-10?. The monoisotopic (exact) mass is 247 g/mol. The number of hydrogen-bond donors (Lipinski definition) is 0. The predicted molar refractivity (Wildman–Crippen MR) is 77.9 cm³/mol. The second-order valence-electron chi connectivity index (χ2n) is 3.85. The van der Waals surface area contributed by atoms with Crippen LogP contribution in [-0.2, 0) is 0 Å². The lowest BCUT2D eigenvalue weighted by atomic mass is 9.98. The fraction of sp³-hybridized carbons (Fsp3) is 0.267. The zero-order valence-electron chi connectivity index (χ0n) is 10.4. The first-order valence-corrected chi connectivity index (χ1v) is 6.09. The van der Waals surface area contributed by atoms with E-state index in [0.717, 1.165) is 29.0 Å². The summed E-state index contributed by atoms with van der Waals surface area (Å²) in [6.45, 7) is 6.25. The summed E-state index contributed by atoms with van der Waals surface area (Å²) in [7, 11) is 1.77. The maximum atomic E-state index is 6.14. The number of rotatable bonds is 5. The lowest BCUT2D eigenvalue weighted by Crippen LogP contribution is -1.89. The minimum absolute atomic E-state index is 0.761. The van der Waals surface area contributed by atoms with Gasteiger partial charge in [-0.2, -0.15) is 0 Å². The van der Waals surface area contributed by atoms with Gasteiger partial charge >= 0.3 is 0 Å². The van der Waals surface area contributed by atoms with Crippen LogP contribution >= 0.6 is 11.6 Å². The van der Waals surface area contributed by atoms with Crippen LogP contribution in [0.25, 0.3) is 5.57 Å². The minimum atomic E-state index is 0.761. The van der Waals surface area contributed by atoms with Crippen molar-refractivity contribution in [2.45, 2.75) is 19.8 Å². The average Bonchev–Trinajstić information content (AvgIpc) is 2.34. The van der Waals surface area contributed by atoms with Crippen molar-refractivity contribution < 1.29 is 0 Å². The summed E-state index contributed by atoms with van der Waals surface area (Å²) in [5.74, 6) is 0. The van der Waals surface area contributed by atoms with Gasteiger partial charge < -0.3 is 0 Å². The van der Waals surface area contributed by atoms with E-state index in [9.17, 15) is 0 Å². The molecule has 0 atom stereocenters. The van der Waals surface area contributed by atoms with Crippen molar-refractivity contribution in [3.05, 3.63) is 53.1 Å². The van der Waals surface area contributed by atoms with Crippen molar-refractivity contribution in [3.63, 3.8) is 0 Å². The van der Waals surface area contributed by atoms with Crippen molar-refractivity contribution in [3.8, 4) is 0 Å². The van der Waals surface area contributed by atoms with Crippen molar-refractivity contribution in [2.24, 2.45) is 4.99 Å². The van der Waals surface area contributed by atoms with Gasteiger partial charge in [0.25, 0.3) is 0 Å². The Balaban J connectivity index is 2.82. The molecule has 1 aromatic rings. The molecule has 1 aromatic carbocycles. The van der Waals surface area contributed by atoms with Crippen LogP contribution in [0.5, 0.6) is 0 Å². The molecule has 0 heterocycles. The van der Waals surface area contributed by atoms with Crippen LogP contribution in [0.4, 0.5) is 0 Å². The van der Waals surface area contributed by atoms with E-state index in [1.165, 1.54) is 5.57 Å². The smallest absolute Gasteiger partial charge is 0.0481 e. The maximum Gasteiger partial charge on any atom is 0.0481 e. The highest BCUT2D eigenvalue weighted by molar-refractivity contribution is 6.32. The molecule has 0 unspecified atom stereocenters. The van der Waals surface area contributed by atoms with Gasteiger partial charge in [0.1, 0.15) is 0 Å². The SMILES string of the molecule is C=C(C/C(=C/C=NC)CC)c1ccccc1Cl. The van der Waals surface area contributed by atoms with Gasteiger partial charge in [0, 0.05) is 18.3 Å². The topological polar surface area (TPSA) is 12.4 Å². The Morgan fingerprint density at radius 1 is 1.41 bits per heavy atom. The molecule has 1 nitrogen and oxygen atoms in total. The van der Waals surface area contributed by atoms with E-state index >= 15 is 0 Å². The highest BCUT2D eigenvalue weighted by atomic mass is 35.5. The van der Waals surface area contributed by atoms with Gasteiger partial charge in [0.2, 0.25) is 0 Å². The van der Waals surface area contributed by atoms with Gasteiger partial charge in [0.05, 0.1) is 0 Å². The average molecular weight is 248 g/mol. The van der Waals surface area contributed by atoms with Crippen LogP contribution < -0.4 is 0 Å². The second-order valence-corrected chi connectivity index (χ2v) is 4.25. The third-order valence-electron chi connectivity index (χ3n) is 2.61. The Labute approximate surface area is 109 Å². The van der Waals surface area contributed by atoms with Gasteiger partial charge in [-0.1, -0.05) is 48.9 Å². The van der Waals surface area contributed by atoms with E-state index in [1.807, 2.05) is 36.6 Å². The zero-order chi connectivity index (χ0) is 12.7. The molecule has 90 valence electrons. The van der Waals surface area contributed by atoms with Crippen LogP contribution in [0.15, 0.2) is 47.5 Å². The maximum absolute atomic E-state index is 6.14. The quantitative estimate of drug-likeness (QED) is 0.664. The molecule has 0 aliphatic carbocycles. The van der Waals surface area contributed by atoms with Crippen molar-refractivity contribution in [1.82, 2.24) is 0 Å². The lowest BCUT2D eigenvalue weighted by molar-refractivity contribution is 1.05. The number of benzene rings is 1. The van der Waals surface area contributed by atoms with E-state index in [0.29, 0.717) is 0 Å². The Morgan fingerprint density at radius 3 is 2.71 bits per heavy atom. The first kappa shape index (κ1) is 13.7. The number of hydrogen-bond acceptors (Lipinski definition) is 1. The second kappa shape index (κ2) is 7.08. The molecular weight excluding hydrogens is 230 g/mol. The van der Waals surface area contributed by atoms with E-state index < -0.39 is 0 Å². The fourth-order valence-corrected chi connectivity index (χ4v) is 1.87. The Morgan fingerprint density at radius 2 is 2.12 bits per heavy atom.